The van der Waals surface area contributed by atoms with Crippen LogP contribution in [0.2, 0.25) is 0 Å². The van der Waals surface area contributed by atoms with E-state index in [2.05, 4.69) is 6.58 Å². The van der Waals surface area contributed by atoms with Crippen molar-refractivity contribution in [1.29, 1.82) is 0 Å². The van der Waals surface area contributed by atoms with E-state index in [9.17, 15) is 9.59 Å². The van der Waals surface area contributed by atoms with Gasteiger partial charge in [-0.05, 0) is 31.4 Å². The van der Waals surface area contributed by atoms with Crippen LogP contribution >= 0.6 is 0 Å². The van der Waals surface area contributed by atoms with E-state index in [4.69, 9.17) is 9.47 Å². The molecule has 5 heteroatoms. The average molecular weight is 289 g/mol. The molecule has 1 fully saturated rings. The van der Waals surface area contributed by atoms with Crippen molar-refractivity contribution in [2.75, 3.05) is 13.1 Å². The summed E-state index contributed by atoms with van der Waals surface area (Å²) in [6, 6.07) is 9.28. The number of piperidine rings is 1. The lowest BCUT2D eigenvalue weighted by molar-refractivity contribution is -0.143. The first kappa shape index (κ1) is 15.1. The molecular weight excluding hydrogens is 270 g/mol. The van der Waals surface area contributed by atoms with E-state index in [1.54, 1.807) is 4.90 Å². The Bertz CT molecular complexity index is 506. The third-order valence-corrected chi connectivity index (χ3v) is 3.27. The first-order chi connectivity index (χ1) is 10.2. The van der Waals surface area contributed by atoms with E-state index in [1.165, 1.54) is 0 Å². The van der Waals surface area contributed by atoms with E-state index in [-0.39, 0.29) is 12.4 Å². The molecule has 1 aromatic carbocycles. The normalized spacial score (nSPS) is 14.4. The highest BCUT2D eigenvalue weighted by Gasteiger charge is 2.21. The topological polar surface area (TPSA) is 55.8 Å². The molecule has 0 N–H and O–H groups in total. The van der Waals surface area contributed by atoms with E-state index in [1.807, 2.05) is 30.3 Å². The lowest BCUT2D eigenvalue weighted by atomic mass is 10.1. The summed E-state index contributed by atoms with van der Waals surface area (Å²) in [5, 5.41) is 0. The number of likely N-dealkylation sites (tertiary alicyclic amines) is 1. The molecule has 1 heterocycles. The number of rotatable bonds is 4. The molecule has 1 saturated heterocycles. The summed E-state index contributed by atoms with van der Waals surface area (Å²) in [4.78, 5) is 25.1. The largest absolute Gasteiger partial charge is 0.455 e. The summed E-state index contributed by atoms with van der Waals surface area (Å²) >= 11 is 0. The fraction of sp³-hybridized carbons (Fsp3) is 0.375. The fourth-order valence-electron chi connectivity index (χ4n) is 2.09. The lowest BCUT2D eigenvalue weighted by Gasteiger charge is -2.25. The summed E-state index contributed by atoms with van der Waals surface area (Å²) in [7, 11) is 0. The van der Waals surface area contributed by atoms with Crippen LogP contribution in [0.5, 0.6) is 0 Å². The molecular formula is C16H19NO4. The molecule has 0 unspecified atom stereocenters. The van der Waals surface area contributed by atoms with Crippen molar-refractivity contribution in [2.24, 2.45) is 0 Å². The SMILES string of the molecule is C=C(OC(=O)N1CCCCC1)C(=O)OCc1ccccc1. The van der Waals surface area contributed by atoms with Crippen LogP contribution in [0.1, 0.15) is 24.8 Å². The van der Waals surface area contributed by atoms with Gasteiger partial charge in [-0.25, -0.2) is 9.59 Å². The van der Waals surface area contributed by atoms with Crippen LogP contribution < -0.4 is 0 Å². The summed E-state index contributed by atoms with van der Waals surface area (Å²) in [6.07, 6.45) is 2.50. The molecule has 0 spiro atoms. The molecule has 1 aliphatic rings. The summed E-state index contributed by atoms with van der Waals surface area (Å²) < 4.78 is 10.0. The van der Waals surface area contributed by atoms with Gasteiger partial charge in [0.05, 0.1) is 0 Å². The van der Waals surface area contributed by atoms with Gasteiger partial charge in [-0.15, -0.1) is 0 Å². The number of ether oxygens (including phenoxy) is 2. The molecule has 1 aromatic rings. The highest BCUT2D eigenvalue weighted by molar-refractivity contribution is 5.88. The Labute approximate surface area is 124 Å². The molecule has 0 aromatic heterocycles. The van der Waals surface area contributed by atoms with Gasteiger partial charge in [0.1, 0.15) is 6.61 Å². The Morgan fingerprint density at radius 1 is 1.10 bits per heavy atom. The van der Waals surface area contributed by atoms with E-state index >= 15 is 0 Å². The summed E-state index contributed by atoms with van der Waals surface area (Å²) in [5.74, 6) is -0.995. The first-order valence-corrected chi connectivity index (χ1v) is 7.03. The maximum Gasteiger partial charge on any atom is 0.415 e. The van der Waals surface area contributed by atoms with E-state index in [0.717, 1.165) is 24.8 Å². The van der Waals surface area contributed by atoms with Gasteiger partial charge in [-0.2, -0.15) is 0 Å². The third kappa shape index (κ3) is 4.63. The van der Waals surface area contributed by atoms with E-state index in [0.29, 0.717) is 13.1 Å². The molecule has 21 heavy (non-hydrogen) atoms. The van der Waals surface area contributed by atoms with Crippen molar-refractivity contribution < 1.29 is 19.1 Å². The Morgan fingerprint density at radius 2 is 1.76 bits per heavy atom. The second-order valence-electron chi connectivity index (χ2n) is 4.90. The van der Waals surface area contributed by atoms with Crippen molar-refractivity contribution in [3.05, 3.63) is 48.2 Å². The first-order valence-electron chi connectivity index (χ1n) is 7.03. The molecule has 1 aliphatic heterocycles. The van der Waals surface area contributed by atoms with Gasteiger partial charge in [0.25, 0.3) is 0 Å². The summed E-state index contributed by atoms with van der Waals surface area (Å²) in [6.45, 7) is 4.90. The summed E-state index contributed by atoms with van der Waals surface area (Å²) in [5.41, 5.74) is 0.862. The van der Waals surface area contributed by atoms with Gasteiger partial charge in [-0.3, -0.25) is 0 Å². The van der Waals surface area contributed by atoms with Crippen LogP contribution in [0.3, 0.4) is 0 Å². The minimum absolute atomic E-state index is 0.125. The number of carbonyl (C=O) groups is 2. The molecule has 0 radical (unpaired) electrons. The Kier molecular flexibility index (Phi) is 5.37. The Balaban J connectivity index is 1.76. The maximum absolute atomic E-state index is 11.8. The number of benzene rings is 1. The number of esters is 1. The fourth-order valence-corrected chi connectivity index (χ4v) is 2.09. The van der Waals surface area contributed by atoms with Crippen LogP contribution in [-0.2, 0) is 20.9 Å². The number of hydrogen-bond donors (Lipinski definition) is 0. The monoisotopic (exact) mass is 289 g/mol. The predicted molar refractivity (Wildman–Crippen MR) is 77.3 cm³/mol. The number of nitrogens with zero attached hydrogens (tertiary/aromatic N) is 1. The highest BCUT2D eigenvalue weighted by atomic mass is 16.6. The number of amides is 1. The van der Waals surface area contributed by atoms with Gasteiger partial charge < -0.3 is 14.4 Å². The van der Waals surface area contributed by atoms with Crippen molar-refractivity contribution in [3.63, 3.8) is 0 Å². The van der Waals surface area contributed by atoms with Gasteiger partial charge >= 0.3 is 12.1 Å². The van der Waals surface area contributed by atoms with Crippen molar-refractivity contribution >= 4 is 12.1 Å². The Morgan fingerprint density at radius 3 is 2.43 bits per heavy atom. The van der Waals surface area contributed by atoms with Gasteiger partial charge in [0.15, 0.2) is 0 Å². The molecule has 1 amide bonds. The minimum atomic E-state index is -0.718. The van der Waals surface area contributed by atoms with Gasteiger partial charge in [0.2, 0.25) is 5.76 Å². The van der Waals surface area contributed by atoms with Crippen molar-refractivity contribution in [3.8, 4) is 0 Å². The molecule has 0 atom stereocenters. The number of hydrogen-bond acceptors (Lipinski definition) is 4. The minimum Gasteiger partial charge on any atom is -0.455 e. The Hall–Kier alpha value is -2.30. The quantitative estimate of drug-likeness (QED) is 0.486. The molecule has 0 bridgehead atoms. The van der Waals surface area contributed by atoms with Crippen LogP contribution in [0, 0.1) is 0 Å². The predicted octanol–water partition coefficient (Wildman–Crippen LogP) is 2.87. The van der Waals surface area contributed by atoms with Crippen molar-refractivity contribution in [1.82, 2.24) is 4.90 Å². The second kappa shape index (κ2) is 7.47. The second-order valence-corrected chi connectivity index (χ2v) is 4.90. The average Bonchev–Trinajstić information content (AvgIpc) is 2.54. The van der Waals surface area contributed by atoms with E-state index < -0.39 is 12.1 Å². The molecule has 5 nitrogen and oxygen atoms in total. The van der Waals surface area contributed by atoms with Crippen LogP contribution in [0.4, 0.5) is 4.79 Å². The zero-order chi connectivity index (χ0) is 15.1. The van der Waals surface area contributed by atoms with Gasteiger partial charge in [0, 0.05) is 13.1 Å². The molecule has 0 aliphatic carbocycles. The molecule has 0 saturated carbocycles. The van der Waals surface area contributed by atoms with Crippen LogP contribution in [0.25, 0.3) is 0 Å². The smallest absolute Gasteiger partial charge is 0.415 e. The maximum atomic E-state index is 11.8. The number of carbonyl (C=O) groups excluding carboxylic acids is 2. The molecule has 112 valence electrons. The highest BCUT2D eigenvalue weighted by Crippen LogP contribution is 2.12. The third-order valence-electron chi connectivity index (χ3n) is 3.27. The molecule has 2 rings (SSSR count). The zero-order valence-electron chi connectivity index (χ0n) is 11.9. The van der Waals surface area contributed by atoms with Crippen LogP contribution in [0.15, 0.2) is 42.7 Å². The zero-order valence-corrected chi connectivity index (χ0v) is 11.9. The van der Waals surface area contributed by atoms with Crippen molar-refractivity contribution in [2.45, 2.75) is 25.9 Å². The van der Waals surface area contributed by atoms with Crippen LogP contribution in [-0.4, -0.2) is 30.1 Å². The standard InChI is InChI=1S/C16H19NO4/c1-13(21-16(19)17-10-6-3-7-11-17)15(18)20-12-14-8-4-2-5-9-14/h2,4-5,8-9H,1,3,6-7,10-12H2. The lowest BCUT2D eigenvalue weighted by Crippen LogP contribution is -2.36. The van der Waals surface area contributed by atoms with Gasteiger partial charge in [-0.1, -0.05) is 30.3 Å².